The summed E-state index contributed by atoms with van der Waals surface area (Å²) in [5.41, 5.74) is -0.745. The van der Waals surface area contributed by atoms with Crippen molar-refractivity contribution in [1.82, 2.24) is 4.72 Å². The van der Waals surface area contributed by atoms with Crippen molar-refractivity contribution in [3.8, 4) is 0 Å². The van der Waals surface area contributed by atoms with E-state index in [0.717, 1.165) is 31.4 Å². The number of halogens is 2. The van der Waals surface area contributed by atoms with Crippen LogP contribution in [0.5, 0.6) is 0 Å². The van der Waals surface area contributed by atoms with Crippen molar-refractivity contribution in [2.45, 2.75) is 41.4 Å². The number of hydrogen-bond donors (Lipinski definition) is 1. The fourth-order valence-electron chi connectivity index (χ4n) is 2.29. The van der Waals surface area contributed by atoms with E-state index < -0.39 is 26.5 Å². The highest BCUT2D eigenvalue weighted by molar-refractivity contribution is 9.09. The van der Waals surface area contributed by atoms with E-state index in [9.17, 15) is 22.9 Å². The number of nitrogens with one attached hydrogen (secondary N) is 1. The summed E-state index contributed by atoms with van der Waals surface area (Å²) in [4.78, 5) is 9.36. The lowest BCUT2D eigenvalue weighted by Crippen LogP contribution is -2.42. The van der Waals surface area contributed by atoms with E-state index in [1.54, 1.807) is 0 Å². The first-order valence-electron chi connectivity index (χ1n) is 6.41. The second kappa shape index (κ2) is 6.37. The summed E-state index contributed by atoms with van der Waals surface area (Å²) < 4.78 is 40.5. The third kappa shape index (κ3) is 3.78. The van der Waals surface area contributed by atoms with Crippen LogP contribution < -0.4 is 4.72 Å². The summed E-state index contributed by atoms with van der Waals surface area (Å²) in [6.07, 6.45) is 3.51. The average Bonchev–Trinajstić information content (AvgIpc) is 2.40. The molecule has 0 amide bonds. The van der Waals surface area contributed by atoms with Gasteiger partial charge < -0.3 is 0 Å². The topological polar surface area (TPSA) is 89.3 Å². The number of nitro benzene ring substituents is 1. The minimum atomic E-state index is -3.90. The molecule has 1 N–H and O–H groups in total. The Hall–Kier alpha value is -1.06. The van der Waals surface area contributed by atoms with E-state index in [2.05, 4.69) is 20.7 Å². The molecule has 1 aromatic rings. The normalized spacial score (nSPS) is 23.0. The van der Waals surface area contributed by atoms with Gasteiger partial charge in [0.15, 0.2) is 0 Å². The smallest absolute Gasteiger partial charge is 0.258 e. The second-order valence-electron chi connectivity index (χ2n) is 4.90. The minimum Gasteiger partial charge on any atom is -0.258 e. The predicted octanol–water partition coefficient (Wildman–Crippen LogP) is 2.72. The van der Waals surface area contributed by atoms with Crippen LogP contribution in [-0.2, 0) is 10.0 Å². The first-order chi connectivity index (χ1) is 9.81. The Morgan fingerprint density at radius 1 is 1.33 bits per heavy atom. The van der Waals surface area contributed by atoms with Gasteiger partial charge in [-0.15, -0.1) is 0 Å². The Labute approximate surface area is 130 Å². The van der Waals surface area contributed by atoms with Crippen LogP contribution in [0.25, 0.3) is 0 Å². The van der Waals surface area contributed by atoms with Gasteiger partial charge in [-0.2, -0.15) is 4.39 Å². The number of sulfonamides is 1. The molecule has 1 fully saturated rings. The average molecular weight is 381 g/mol. The lowest BCUT2D eigenvalue weighted by atomic mass is 9.96. The zero-order valence-electron chi connectivity index (χ0n) is 11.0. The number of hydrogen-bond acceptors (Lipinski definition) is 4. The molecule has 0 saturated heterocycles. The molecule has 1 aromatic carbocycles. The van der Waals surface area contributed by atoms with Gasteiger partial charge in [0.25, 0.3) is 0 Å². The van der Waals surface area contributed by atoms with E-state index in [-0.39, 0.29) is 15.8 Å². The van der Waals surface area contributed by atoms with Gasteiger partial charge in [0.1, 0.15) is 0 Å². The van der Waals surface area contributed by atoms with Gasteiger partial charge in [0.05, 0.1) is 9.82 Å². The number of benzene rings is 1. The molecule has 9 heteroatoms. The van der Waals surface area contributed by atoms with E-state index in [1.807, 2.05) is 0 Å². The summed E-state index contributed by atoms with van der Waals surface area (Å²) in [6.45, 7) is 0. The van der Waals surface area contributed by atoms with Crippen molar-refractivity contribution in [3.63, 3.8) is 0 Å². The Kier molecular flexibility index (Phi) is 4.95. The molecule has 2 unspecified atom stereocenters. The van der Waals surface area contributed by atoms with Crippen LogP contribution >= 0.6 is 15.9 Å². The van der Waals surface area contributed by atoms with Gasteiger partial charge in [-0.05, 0) is 18.9 Å². The minimum absolute atomic E-state index is 0.0314. The number of nitrogens with zero attached hydrogens (tertiary/aromatic N) is 1. The zero-order valence-corrected chi connectivity index (χ0v) is 13.4. The van der Waals surface area contributed by atoms with E-state index in [1.165, 1.54) is 0 Å². The quantitative estimate of drug-likeness (QED) is 0.493. The molecule has 1 aliphatic carbocycles. The molecule has 0 aromatic heterocycles. The third-order valence-electron chi connectivity index (χ3n) is 3.41. The van der Waals surface area contributed by atoms with Crippen LogP contribution in [0, 0.1) is 15.9 Å². The Morgan fingerprint density at radius 2 is 2.00 bits per heavy atom. The van der Waals surface area contributed by atoms with Crippen LogP contribution in [-0.4, -0.2) is 24.2 Å². The summed E-state index contributed by atoms with van der Waals surface area (Å²) in [6, 6.07) is 2.31. The lowest BCUT2D eigenvalue weighted by Gasteiger charge is -2.27. The highest BCUT2D eigenvalue weighted by atomic mass is 79.9. The maximum absolute atomic E-state index is 13.5. The van der Waals surface area contributed by atoms with Gasteiger partial charge in [0, 0.05) is 23.0 Å². The standard InChI is InChI=1S/C12H14BrFN2O4S/c13-9-3-1-2-4-11(9)15-21(19,20)8-5-6-12(16(17)18)10(14)7-8/h5-7,9,11,15H,1-4H2. The van der Waals surface area contributed by atoms with Crippen LogP contribution in [0.15, 0.2) is 23.1 Å². The van der Waals surface area contributed by atoms with Gasteiger partial charge >= 0.3 is 5.69 Å². The molecule has 0 aliphatic heterocycles. The first-order valence-corrected chi connectivity index (χ1v) is 8.81. The van der Waals surface area contributed by atoms with E-state index in [4.69, 9.17) is 0 Å². The summed E-state index contributed by atoms with van der Waals surface area (Å²) in [5.74, 6) is -1.16. The van der Waals surface area contributed by atoms with Crippen molar-refractivity contribution >= 4 is 31.6 Å². The molecule has 1 saturated carbocycles. The fraction of sp³-hybridized carbons (Fsp3) is 0.500. The molecule has 21 heavy (non-hydrogen) atoms. The summed E-state index contributed by atoms with van der Waals surface area (Å²) in [5, 5.41) is 10.5. The third-order valence-corrected chi connectivity index (χ3v) is 6.00. The summed E-state index contributed by atoms with van der Waals surface area (Å²) in [7, 11) is -3.90. The molecule has 1 aliphatic rings. The fourth-order valence-corrected chi connectivity index (χ4v) is 4.51. The molecule has 116 valence electrons. The molecule has 2 atom stereocenters. The second-order valence-corrected chi connectivity index (χ2v) is 7.79. The SMILES string of the molecule is O=[N+]([O-])c1ccc(S(=O)(=O)NC2CCCCC2Br)cc1F. The molecular weight excluding hydrogens is 367 g/mol. The number of nitro groups is 1. The molecule has 0 bridgehead atoms. The largest absolute Gasteiger partial charge is 0.304 e. The van der Waals surface area contributed by atoms with Crippen molar-refractivity contribution < 1.29 is 17.7 Å². The Bertz CT molecular complexity index is 653. The molecule has 0 heterocycles. The van der Waals surface area contributed by atoms with Crippen molar-refractivity contribution in [2.75, 3.05) is 0 Å². The Balaban J connectivity index is 2.23. The number of rotatable bonds is 4. The molecule has 6 nitrogen and oxygen atoms in total. The number of alkyl halides is 1. The zero-order chi connectivity index (χ0) is 15.6. The maximum atomic E-state index is 13.5. The summed E-state index contributed by atoms with van der Waals surface area (Å²) >= 11 is 3.43. The van der Waals surface area contributed by atoms with Gasteiger partial charge in [0.2, 0.25) is 15.8 Å². The van der Waals surface area contributed by atoms with Gasteiger partial charge in [-0.25, -0.2) is 13.1 Å². The van der Waals surface area contributed by atoms with Crippen molar-refractivity contribution in [2.24, 2.45) is 0 Å². The molecule has 0 spiro atoms. The van der Waals surface area contributed by atoms with E-state index >= 15 is 0 Å². The van der Waals surface area contributed by atoms with Crippen LogP contribution in [0.2, 0.25) is 0 Å². The van der Waals surface area contributed by atoms with Gasteiger partial charge in [-0.1, -0.05) is 28.8 Å². The predicted molar refractivity (Wildman–Crippen MR) is 78.3 cm³/mol. The van der Waals surface area contributed by atoms with Crippen molar-refractivity contribution in [1.29, 1.82) is 0 Å². The van der Waals surface area contributed by atoms with E-state index in [0.29, 0.717) is 12.5 Å². The van der Waals surface area contributed by atoms with Crippen LogP contribution in [0.1, 0.15) is 25.7 Å². The molecular formula is C12H14BrFN2O4S. The Morgan fingerprint density at radius 3 is 2.57 bits per heavy atom. The highest BCUT2D eigenvalue weighted by Crippen LogP contribution is 2.27. The van der Waals surface area contributed by atoms with Crippen molar-refractivity contribution in [3.05, 3.63) is 34.1 Å². The molecule has 2 rings (SSSR count). The molecule has 0 radical (unpaired) electrons. The van der Waals surface area contributed by atoms with Crippen LogP contribution in [0.3, 0.4) is 0 Å². The van der Waals surface area contributed by atoms with Crippen LogP contribution in [0.4, 0.5) is 10.1 Å². The maximum Gasteiger partial charge on any atom is 0.304 e. The highest BCUT2D eigenvalue weighted by Gasteiger charge is 2.28. The van der Waals surface area contributed by atoms with Gasteiger partial charge in [-0.3, -0.25) is 10.1 Å². The lowest BCUT2D eigenvalue weighted by molar-refractivity contribution is -0.387. The monoisotopic (exact) mass is 380 g/mol. The first kappa shape index (κ1) is 16.3.